The molecule has 0 atom stereocenters. The summed E-state index contributed by atoms with van der Waals surface area (Å²) in [5.74, 6) is 0.933. The predicted molar refractivity (Wildman–Crippen MR) is 29.7 cm³/mol. The van der Waals surface area contributed by atoms with Gasteiger partial charge in [-0.3, -0.25) is 0 Å². The van der Waals surface area contributed by atoms with Crippen LogP contribution in [0.3, 0.4) is 0 Å². The Morgan fingerprint density at radius 2 is 2.56 bits per heavy atom. The third-order valence-electron chi connectivity index (χ3n) is 1.08. The summed E-state index contributed by atoms with van der Waals surface area (Å²) in [6.07, 6.45) is 2.91. The minimum atomic E-state index is 0.424. The molecule has 0 radical (unpaired) electrons. The molecule has 5 heteroatoms. The van der Waals surface area contributed by atoms with Crippen LogP contribution in [0.1, 0.15) is 0 Å². The van der Waals surface area contributed by atoms with Crippen LogP contribution in [0.2, 0.25) is 0 Å². The average molecular weight is 124 g/mol. The maximum absolute atomic E-state index is 5.41. The number of nitrogens with zero attached hydrogens (tertiary/aromatic N) is 3. The molecule has 0 saturated heterocycles. The highest BCUT2D eigenvalue weighted by atomic mass is 16.3. The molecule has 2 aromatic rings. The lowest BCUT2D eigenvalue weighted by molar-refractivity contribution is 0.593. The summed E-state index contributed by atoms with van der Waals surface area (Å²) in [6.45, 7) is 0. The molecule has 0 spiro atoms. The van der Waals surface area contributed by atoms with E-state index in [1.807, 2.05) is 0 Å². The van der Waals surface area contributed by atoms with Crippen LogP contribution >= 0.6 is 0 Å². The summed E-state index contributed by atoms with van der Waals surface area (Å²) < 4.78 is 6.41. The maximum atomic E-state index is 5.41. The van der Waals surface area contributed by atoms with Crippen LogP contribution in [0.15, 0.2) is 17.0 Å². The molecule has 0 unspecified atom stereocenters. The van der Waals surface area contributed by atoms with Crippen molar-refractivity contribution in [1.82, 2.24) is 14.6 Å². The van der Waals surface area contributed by atoms with E-state index in [1.54, 1.807) is 4.40 Å². The molecule has 46 valence electrons. The number of hydrogen-bond acceptors (Lipinski definition) is 4. The fraction of sp³-hybridized carbons (Fsp3) is 0. The van der Waals surface area contributed by atoms with Crippen molar-refractivity contribution in [3.8, 4) is 0 Å². The number of nitrogens with two attached hydrogens (primary N) is 1. The van der Waals surface area contributed by atoms with Crippen LogP contribution in [0.25, 0.3) is 5.84 Å². The Morgan fingerprint density at radius 3 is 3.33 bits per heavy atom. The van der Waals surface area contributed by atoms with Crippen LogP contribution in [0, 0.1) is 0 Å². The normalized spacial score (nSPS) is 10.7. The minimum Gasteiger partial charge on any atom is -0.428 e. The second-order valence-corrected chi connectivity index (χ2v) is 1.64. The van der Waals surface area contributed by atoms with Gasteiger partial charge >= 0.3 is 5.84 Å². The first-order chi connectivity index (χ1) is 4.38. The second-order valence-electron chi connectivity index (χ2n) is 1.64. The van der Waals surface area contributed by atoms with Crippen molar-refractivity contribution in [2.75, 3.05) is 5.73 Å². The largest absolute Gasteiger partial charge is 0.428 e. The first-order valence-corrected chi connectivity index (χ1v) is 2.40. The average Bonchev–Trinajstić information content (AvgIpc) is 2.35. The Bertz CT molecular complexity index is 322. The van der Waals surface area contributed by atoms with E-state index in [9.17, 15) is 0 Å². The summed E-state index contributed by atoms with van der Waals surface area (Å²) in [5, 5.41) is 7.17. The van der Waals surface area contributed by atoms with E-state index in [-0.39, 0.29) is 0 Å². The minimum absolute atomic E-state index is 0.424. The highest BCUT2D eigenvalue weighted by molar-refractivity contribution is 5.36. The molecule has 0 aliphatic heterocycles. The number of hydrogen-bond donors (Lipinski definition) is 1. The van der Waals surface area contributed by atoms with E-state index in [0.717, 1.165) is 0 Å². The van der Waals surface area contributed by atoms with Crippen molar-refractivity contribution in [3.05, 3.63) is 12.6 Å². The smallest absolute Gasteiger partial charge is 0.327 e. The van der Waals surface area contributed by atoms with Gasteiger partial charge in [0.1, 0.15) is 18.4 Å². The summed E-state index contributed by atoms with van der Waals surface area (Å²) in [7, 11) is 0. The Balaban J connectivity index is 2.99. The maximum Gasteiger partial charge on any atom is 0.327 e. The molecule has 2 N–H and O–H groups in total. The predicted octanol–water partition coefficient (Wildman–Crippen LogP) is -0.0955. The van der Waals surface area contributed by atoms with Crippen LogP contribution in [-0.2, 0) is 0 Å². The van der Waals surface area contributed by atoms with Gasteiger partial charge in [-0.25, -0.2) is 4.40 Å². The summed E-state index contributed by atoms with van der Waals surface area (Å²) in [5.41, 5.74) is 5.41. The second kappa shape index (κ2) is 1.25. The van der Waals surface area contributed by atoms with Gasteiger partial charge < -0.3 is 10.2 Å². The number of fused-ring (bicyclic) bond motifs is 1. The zero-order valence-electron chi connectivity index (χ0n) is 4.48. The summed E-state index contributed by atoms with van der Waals surface area (Å²) in [6, 6.07) is 0. The molecule has 0 aromatic carbocycles. The van der Waals surface area contributed by atoms with E-state index in [2.05, 4.69) is 10.2 Å². The zero-order chi connectivity index (χ0) is 6.27. The molecule has 0 fully saturated rings. The number of rotatable bonds is 0. The lowest BCUT2D eigenvalue weighted by Crippen LogP contribution is -1.87. The number of nitrogen functional groups attached to an aromatic ring is 1. The summed E-state index contributed by atoms with van der Waals surface area (Å²) >= 11 is 0. The van der Waals surface area contributed by atoms with E-state index < -0.39 is 0 Å². The Hall–Kier alpha value is -1.52. The van der Waals surface area contributed by atoms with Crippen molar-refractivity contribution in [3.63, 3.8) is 0 Å². The van der Waals surface area contributed by atoms with Crippen LogP contribution in [-0.4, -0.2) is 14.6 Å². The third kappa shape index (κ3) is 0.426. The van der Waals surface area contributed by atoms with Gasteiger partial charge in [0.25, 0.3) is 0 Å². The fourth-order valence-electron chi connectivity index (χ4n) is 0.652. The van der Waals surface area contributed by atoms with Crippen molar-refractivity contribution >= 4 is 11.7 Å². The van der Waals surface area contributed by atoms with Crippen molar-refractivity contribution < 1.29 is 4.42 Å². The van der Waals surface area contributed by atoms with Gasteiger partial charge in [-0.15, -0.1) is 5.10 Å². The first kappa shape index (κ1) is 4.37. The Morgan fingerprint density at radius 1 is 1.67 bits per heavy atom. The summed E-state index contributed by atoms with van der Waals surface area (Å²) in [4.78, 5) is 0. The third-order valence-corrected chi connectivity index (χ3v) is 1.08. The SMILES string of the molecule is Nc1coc2nncn12. The molecular formula is C4H4N4O. The van der Waals surface area contributed by atoms with Crippen LogP contribution in [0.4, 0.5) is 5.82 Å². The quantitative estimate of drug-likeness (QED) is 0.532. The van der Waals surface area contributed by atoms with Gasteiger partial charge in [0.2, 0.25) is 0 Å². The van der Waals surface area contributed by atoms with E-state index in [0.29, 0.717) is 11.7 Å². The molecule has 0 aliphatic rings. The Kier molecular flexibility index (Phi) is 0.606. The molecule has 2 heterocycles. The van der Waals surface area contributed by atoms with Gasteiger partial charge in [-0.1, -0.05) is 5.10 Å². The molecule has 9 heavy (non-hydrogen) atoms. The molecule has 2 rings (SSSR count). The molecule has 0 amide bonds. The van der Waals surface area contributed by atoms with Gasteiger partial charge in [0, 0.05) is 0 Å². The lowest BCUT2D eigenvalue weighted by atomic mass is 10.8. The lowest BCUT2D eigenvalue weighted by Gasteiger charge is -1.78. The van der Waals surface area contributed by atoms with E-state index in [1.165, 1.54) is 12.6 Å². The van der Waals surface area contributed by atoms with Crippen molar-refractivity contribution in [2.24, 2.45) is 0 Å². The number of oxazole rings is 1. The topological polar surface area (TPSA) is 69.3 Å². The molecule has 0 aliphatic carbocycles. The van der Waals surface area contributed by atoms with Crippen LogP contribution in [0.5, 0.6) is 0 Å². The van der Waals surface area contributed by atoms with Gasteiger partial charge in [0.05, 0.1) is 0 Å². The van der Waals surface area contributed by atoms with E-state index in [4.69, 9.17) is 10.2 Å². The monoisotopic (exact) mass is 124 g/mol. The molecule has 0 bridgehead atoms. The highest BCUT2D eigenvalue weighted by Gasteiger charge is 1.99. The van der Waals surface area contributed by atoms with Crippen molar-refractivity contribution in [2.45, 2.75) is 0 Å². The molecule has 5 nitrogen and oxygen atoms in total. The number of anilines is 1. The highest BCUT2D eigenvalue weighted by Crippen LogP contribution is 2.06. The van der Waals surface area contributed by atoms with E-state index >= 15 is 0 Å². The number of aromatic nitrogens is 3. The Labute approximate surface area is 50.1 Å². The molecule has 2 aromatic heterocycles. The first-order valence-electron chi connectivity index (χ1n) is 2.40. The zero-order valence-corrected chi connectivity index (χ0v) is 4.48. The molecular weight excluding hydrogens is 120 g/mol. The standard InChI is InChI=1S/C4H4N4O/c5-3-1-9-4-7-6-2-8(3)4/h1-2H,5H2. The van der Waals surface area contributed by atoms with Gasteiger partial charge in [-0.05, 0) is 0 Å². The molecule has 0 saturated carbocycles. The van der Waals surface area contributed by atoms with Gasteiger partial charge in [-0.2, -0.15) is 0 Å². The van der Waals surface area contributed by atoms with Crippen LogP contribution < -0.4 is 5.73 Å². The van der Waals surface area contributed by atoms with Gasteiger partial charge in [0.15, 0.2) is 0 Å². The fourth-order valence-corrected chi connectivity index (χ4v) is 0.652. The van der Waals surface area contributed by atoms with Crippen molar-refractivity contribution in [1.29, 1.82) is 0 Å².